The lowest BCUT2D eigenvalue weighted by atomic mass is 9.39. The minimum Gasteiger partial charge on any atom is -0.306 e. The van der Waals surface area contributed by atoms with E-state index in [0.29, 0.717) is 23.5 Å². The van der Waals surface area contributed by atoms with Crippen molar-refractivity contribution in [2.75, 3.05) is 9.80 Å². The van der Waals surface area contributed by atoms with E-state index in [0.717, 1.165) is 79.6 Å². The van der Waals surface area contributed by atoms with Crippen molar-refractivity contribution in [3.8, 4) is 45.3 Å². The van der Waals surface area contributed by atoms with Crippen LogP contribution < -0.4 is 9.80 Å². The Morgan fingerprint density at radius 3 is 1.29 bits per heavy atom. The zero-order valence-corrected chi connectivity index (χ0v) is 39.1. The van der Waals surface area contributed by atoms with Crippen molar-refractivity contribution in [1.82, 2.24) is 15.0 Å². The largest absolute Gasteiger partial charge is 0.306 e. The third-order valence-corrected chi connectivity index (χ3v) is 16.9. The molecule has 0 radical (unpaired) electrons. The van der Waals surface area contributed by atoms with Gasteiger partial charge in [0.15, 0.2) is 17.5 Å². The van der Waals surface area contributed by atoms with Gasteiger partial charge in [-0.3, -0.25) is 0 Å². The summed E-state index contributed by atoms with van der Waals surface area (Å²) in [7, 11) is 0. The van der Waals surface area contributed by atoms with Crippen LogP contribution in [0.2, 0.25) is 0 Å². The zero-order chi connectivity index (χ0) is 45.8. The molecule has 5 aliphatic carbocycles. The number of benzene rings is 8. The van der Waals surface area contributed by atoms with Gasteiger partial charge >= 0.3 is 0 Å². The lowest BCUT2D eigenvalue weighted by Crippen LogP contribution is -2.58. The predicted molar refractivity (Wildman–Crippen MR) is 281 cm³/mol. The van der Waals surface area contributed by atoms with E-state index < -0.39 is 0 Å². The van der Waals surface area contributed by atoms with E-state index in [-0.39, 0.29) is 10.8 Å². The Balaban J connectivity index is 0.827. The monoisotopic (exact) mass is 891 g/mol. The summed E-state index contributed by atoms with van der Waals surface area (Å²) in [5, 5.41) is 0. The molecule has 4 bridgehead atoms. The molecule has 5 nitrogen and oxygen atoms in total. The van der Waals surface area contributed by atoms with Gasteiger partial charge in [0.25, 0.3) is 0 Å². The average molecular weight is 892 g/mol. The van der Waals surface area contributed by atoms with Crippen molar-refractivity contribution >= 4 is 34.1 Å². The molecule has 15 rings (SSSR count). The second kappa shape index (κ2) is 15.4. The van der Waals surface area contributed by atoms with E-state index >= 15 is 0 Å². The van der Waals surface area contributed by atoms with Crippen molar-refractivity contribution in [2.24, 2.45) is 23.7 Å². The number of anilines is 6. The van der Waals surface area contributed by atoms with Crippen LogP contribution in [0.15, 0.2) is 200 Å². The fraction of sp³-hybridized carbons (Fsp3) is 0.203. The van der Waals surface area contributed by atoms with E-state index in [2.05, 4.69) is 224 Å². The van der Waals surface area contributed by atoms with Gasteiger partial charge in [-0.15, -0.1) is 0 Å². The maximum absolute atomic E-state index is 5.35. The standard InChI is InChI=1S/C64H53N5/c1-63(2)52-19-9-10-20-54(52)64(48-36-41-35-42(38-48)39-49(64)37-41)55-40-47(31-34-53(55)63)62-66-60(45-15-5-3-6-16-45)65-61(67-62)46-27-25-43(26-28-46)44-29-32-51(33-30-44)69-58-23-13-11-21-56(58)68(50-17-7-4-8-18-50)57-22-12-14-24-59(57)69/h3-34,40-42,48-49H,35-39H2,1-2H3. The van der Waals surface area contributed by atoms with Gasteiger partial charge in [0.05, 0.1) is 22.7 Å². The highest BCUT2D eigenvalue weighted by Gasteiger charge is 2.62. The van der Waals surface area contributed by atoms with Gasteiger partial charge in [-0.2, -0.15) is 0 Å². The molecule has 69 heavy (non-hydrogen) atoms. The van der Waals surface area contributed by atoms with Crippen LogP contribution >= 0.6 is 0 Å². The van der Waals surface area contributed by atoms with E-state index in [1.54, 1.807) is 5.56 Å². The van der Waals surface area contributed by atoms with E-state index in [1.165, 1.54) is 48.8 Å². The molecule has 0 amide bonds. The average Bonchev–Trinajstić information content (AvgIpc) is 3.40. The third kappa shape index (κ3) is 6.18. The van der Waals surface area contributed by atoms with Gasteiger partial charge in [0, 0.05) is 38.9 Å². The fourth-order valence-corrected chi connectivity index (χ4v) is 14.1. The molecular formula is C64H53N5. The summed E-state index contributed by atoms with van der Waals surface area (Å²) in [6.07, 6.45) is 6.81. The number of aromatic nitrogens is 3. The second-order valence-corrected chi connectivity index (χ2v) is 20.9. The lowest BCUT2D eigenvalue weighted by molar-refractivity contribution is -0.0443. The molecule has 0 atom stereocenters. The first-order valence-corrected chi connectivity index (χ1v) is 25.0. The number of nitrogens with zero attached hydrogens (tertiary/aromatic N) is 5. The topological polar surface area (TPSA) is 45.2 Å². The first kappa shape index (κ1) is 40.4. The number of para-hydroxylation sites is 5. The molecule has 4 fully saturated rings. The Bertz CT molecular complexity index is 3360. The lowest BCUT2D eigenvalue weighted by Gasteiger charge is -2.64. The van der Waals surface area contributed by atoms with Gasteiger partial charge in [-0.25, -0.2) is 15.0 Å². The fourth-order valence-electron chi connectivity index (χ4n) is 14.1. The Morgan fingerprint density at radius 2 is 0.739 bits per heavy atom. The highest BCUT2D eigenvalue weighted by molar-refractivity contribution is 6.01. The number of fused-ring (bicyclic) bond motifs is 4. The van der Waals surface area contributed by atoms with Crippen molar-refractivity contribution < 1.29 is 0 Å². The molecule has 5 heteroatoms. The molecule has 0 saturated heterocycles. The summed E-state index contributed by atoms with van der Waals surface area (Å²) in [6, 6.07) is 72.8. The van der Waals surface area contributed by atoms with Crippen molar-refractivity contribution in [1.29, 1.82) is 0 Å². The molecular weight excluding hydrogens is 839 g/mol. The Morgan fingerprint density at radius 1 is 0.348 bits per heavy atom. The van der Waals surface area contributed by atoms with E-state index in [9.17, 15) is 0 Å². The number of hydrogen-bond acceptors (Lipinski definition) is 5. The van der Waals surface area contributed by atoms with Crippen LogP contribution in [0.25, 0.3) is 45.3 Å². The van der Waals surface area contributed by atoms with Crippen LogP contribution in [0.4, 0.5) is 34.1 Å². The molecule has 2 heterocycles. The smallest absolute Gasteiger partial charge is 0.164 e. The molecule has 1 aliphatic heterocycles. The van der Waals surface area contributed by atoms with Crippen LogP contribution in [0.1, 0.15) is 68.2 Å². The number of rotatable bonds is 6. The summed E-state index contributed by atoms with van der Waals surface area (Å²) in [5.74, 6) is 5.17. The summed E-state index contributed by atoms with van der Waals surface area (Å²) in [6.45, 7) is 4.87. The quantitative estimate of drug-likeness (QED) is 0.166. The maximum atomic E-state index is 5.35. The van der Waals surface area contributed by atoms with Gasteiger partial charge in [0.2, 0.25) is 0 Å². The minimum absolute atomic E-state index is 0.0172. The highest BCUT2D eigenvalue weighted by Crippen LogP contribution is 2.69. The second-order valence-electron chi connectivity index (χ2n) is 20.9. The summed E-state index contributed by atoms with van der Waals surface area (Å²) in [5.41, 5.74) is 18.1. The molecule has 8 aromatic carbocycles. The SMILES string of the molecule is CC1(C)c2ccccc2C2(c3cc(-c4nc(-c5ccccc5)nc(-c5ccc(-c6ccc(N7c8ccccc8N(c8ccccc8)c8ccccc87)cc6)cc5)n4)ccc31)C1CC3CC(C1)CC2C3. The Labute approximate surface area is 405 Å². The molecule has 0 N–H and O–H groups in total. The van der Waals surface area contributed by atoms with Crippen LogP contribution in [0.3, 0.4) is 0 Å². The van der Waals surface area contributed by atoms with Crippen LogP contribution in [-0.2, 0) is 10.8 Å². The van der Waals surface area contributed by atoms with E-state index in [1.807, 2.05) is 0 Å². The molecule has 1 spiro atoms. The van der Waals surface area contributed by atoms with Crippen molar-refractivity contribution in [3.05, 3.63) is 222 Å². The normalized spacial score (nSPS) is 22.2. The minimum atomic E-state index is -0.110. The van der Waals surface area contributed by atoms with E-state index in [4.69, 9.17) is 15.0 Å². The first-order chi connectivity index (χ1) is 33.9. The number of hydrogen-bond donors (Lipinski definition) is 0. The van der Waals surface area contributed by atoms with Crippen LogP contribution in [-0.4, -0.2) is 15.0 Å². The van der Waals surface area contributed by atoms with Gasteiger partial charge in [0.1, 0.15) is 0 Å². The summed E-state index contributed by atoms with van der Waals surface area (Å²) in [4.78, 5) is 20.6. The Hall–Kier alpha value is -7.63. The Kier molecular flexibility index (Phi) is 9.05. The van der Waals surface area contributed by atoms with Gasteiger partial charge in [-0.05, 0) is 144 Å². The maximum Gasteiger partial charge on any atom is 0.164 e. The summed E-state index contributed by atoms with van der Waals surface area (Å²) < 4.78 is 0. The molecule has 9 aromatic rings. The summed E-state index contributed by atoms with van der Waals surface area (Å²) >= 11 is 0. The molecule has 334 valence electrons. The van der Waals surface area contributed by atoms with Crippen LogP contribution in [0.5, 0.6) is 0 Å². The molecule has 1 aromatic heterocycles. The highest BCUT2D eigenvalue weighted by atomic mass is 15.3. The van der Waals surface area contributed by atoms with Gasteiger partial charge in [-0.1, -0.05) is 159 Å². The predicted octanol–water partition coefficient (Wildman–Crippen LogP) is 16.2. The zero-order valence-electron chi connectivity index (χ0n) is 39.1. The van der Waals surface area contributed by atoms with Crippen molar-refractivity contribution in [2.45, 2.75) is 56.8 Å². The first-order valence-electron chi connectivity index (χ1n) is 25.0. The van der Waals surface area contributed by atoms with Crippen LogP contribution in [0, 0.1) is 23.7 Å². The molecule has 4 saturated carbocycles. The molecule has 6 aliphatic rings. The third-order valence-electron chi connectivity index (χ3n) is 16.9. The van der Waals surface area contributed by atoms with Crippen molar-refractivity contribution in [3.63, 3.8) is 0 Å². The van der Waals surface area contributed by atoms with Gasteiger partial charge < -0.3 is 9.80 Å². The molecule has 0 unspecified atom stereocenters.